The van der Waals surface area contributed by atoms with Gasteiger partial charge in [-0.05, 0) is 48.9 Å². The second-order valence-corrected chi connectivity index (χ2v) is 5.50. The summed E-state index contributed by atoms with van der Waals surface area (Å²) in [6.45, 7) is 3.63. The van der Waals surface area contributed by atoms with Crippen LogP contribution in [0.25, 0.3) is 11.1 Å². The number of hydrogen-bond acceptors (Lipinski definition) is 2. The molecule has 2 N–H and O–H groups in total. The van der Waals surface area contributed by atoms with Crippen molar-refractivity contribution in [1.29, 1.82) is 0 Å². The SMILES string of the molecule is CCc1ccc(-c2cc(CCC(C)O)c(O)c(F)c2F)cc1. The van der Waals surface area contributed by atoms with E-state index in [4.69, 9.17) is 0 Å². The Morgan fingerprint density at radius 3 is 2.27 bits per heavy atom. The molecule has 2 rings (SSSR count). The monoisotopic (exact) mass is 306 g/mol. The Kier molecular flexibility index (Phi) is 5.14. The molecule has 0 radical (unpaired) electrons. The number of aryl methyl sites for hydroxylation is 2. The molecule has 4 heteroatoms. The summed E-state index contributed by atoms with van der Waals surface area (Å²) in [5, 5.41) is 19.1. The smallest absolute Gasteiger partial charge is 0.201 e. The van der Waals surface area contributed by atoms with Crippen LogP contribution in [-0.4, -0.2) is 16.3 Å². The number of aliphatic hydroxyl groups excluding tert-OH is 1. The van der Waals surface area contributed by atoms with E-state index in [0.29, 0.717) is 17.5 Å². The maximum atomic E-state index is 14.1. The first kappa shape index (κ1) is 16.4. The lowest BCUT2D eigenvalue weighted by atomic mass is 9.97. The van der Waals surface area contributed by atoms with Gasteiger partial charge in [-0.15, -0.1) is 0 Å². The molecule has 118 valence electrons. The summed E-state index contributed by atoms with van der Waals surface area (Å²) in [5.41, 5.74) is 2.09. The van der Waals surface area contributed by atoms with Crippen LogP contribution in [0.1, 0.15) is 31.4 Å². The second kappa shape index (κ2) is 6.88. The van der Waals surface area contributed by atoms with Crippen molar-refractivity contribution in [2.24, 2.45) is 0 Å². The highest BCUT2D eigenvalue weighted by atomic mass is 19.2. The molecule has 2 aromatic carbocycles. The Morgan fingerprint density at radius 1 is 1.09 bits per heavy atom. The van der Waals surface area contributed by atoms with Crippen LogP contribution in [0, 0.1) is 11.6 Å². The molecule has 2 nitrogen and oxygen atoms in total. The summed E-state index contributed by atoms with van der Waals surface area (Å²) < 4.78 is 28.0. The van der Waals surface area contributed by atoms with E-state index in [1.54, 1.807) is 19.1 Å². The molecule has 22 heavy (non-hydrogen) atoms. The van der Waals surface area contributed by atoms with Crippen molar-refractivity contribution in [1.82, 2.24) is 0 Å². The van der Waals surface area contributed by atoms with Crippen molar-refractivity contribution in [2.75, 3.05) is 0 Å². The fourth-order valence-corrected chi connectivity index (χ4v) is 2.35. The van der Waals surface area contributed by atoms with Crippen LogP contribution >= 0.6 is 0 Å². The first-order valence-corrected chi connectivity index (χ1v) is 7.41. The fourth-order valence-electron chi connectivity index (χ4n) is 2.35. The second-order valence-electron chi connectivity index (χ2n) is 5.50. The number of benzene rings is 2. The predicted molar refractivity (Wildman–Crippen MR) is 82.8 cm³/mol. The van der Waals surface area contributed by atoms with Gasteiger partial charge in [-0.1, -0.05) is 31.2 Å². The summed E-state index contributed by atoms with van der Waals surface area (Å²) in [5.74, 6) is -2.97. The number of aliphatic hydroxyl groups is 1. The third-order valence-corrected chi connectivity index (χ3v) is 3.76. The topological polar surface area (TPSA) is 40.5 Å². The van der Waals surface area contributed by atoms with Gasteiger partial charge in [0.15, 0.2) is 11.6 Å². The quantitative estimate of drug-likeness (QED) is 0.868. The number of rotatable bonds is 5. The summed E-state index contributed by atoms with van der Waals surface area (Å²) in [7, 11) is 0. The Balaban J connectivity index is 2.45. The summed E-state index contributed by atoms with van der Waals surface area (Å²) in [4.78, 5) is 0. The lowest BCUT2D eigenvalue weighted by Crippen LogP contribution is -2.03. The Labute approximate surface area is 129 Å². The lowest BCUT2D eigenvalue weighted by Gasteiger charge is -2.12. The van der Waals surface area contributed by atoms with Gasteiger partial charge >= 0.3 is 0 Å². The van der Waals surface area contributed by atoms with Gasteiger partial charge in [0.1, 0.15) is 0 Å². The first-order chi connectivity index (χ1) is 10.4. The van der Waals surface area contributed by atoms with Gasteiger partial charge in [-0.25, -0.2) is 4.39 Å². The molecule has 0 aromatic heterocycles. The molecule has 0 amide bonds. The van der Waals surface area contributed by atoms with Gasteiger partial charge in [-0.3, -0.25) is 0 Å². The number of halogens is 2. The van der Waals surface area contributed by atoms with Crippen molar-refractivity contribution >= 4 is 0 Å². The van der Waals surface area contributed by atoms with Gasteiger partial charge in [-0.2, -0.15) is 4.39 Å². The van der Waals surface area contributed by atoms with Gasteiger partial charge in [0, 0.05) is 5.56 Å². The molecule has 1 atom stereocenters. The van der Waals surface area contributed by atoms with Gasteiger partial charge in [0.05, 0.1) is 6.10 Å². The van der Waals surface area contributed by atoms with Crippen LogP contribution in [0.3, 0.4) is 0 Å². The van der Waals surface area contributed by atoms with Gasteiger partial charge in [0.2, 0.25) is 5.82 Å². The molecule has 0 heterocycles. The molecule has 0 saturated carbocycles. The molecule has 0 bridgehead atoms. The van der Waals surface area contributed by atoms with Crippen molar-refractivity contribution in [3.63, 3.8) is 0 Å². The van der Waals surface area contributed by atoms with Crippen molar-refractivity contribution in [3.8, 4) is 16.9 Å². The number of phenolic OH excluding ortho intramolecular Hbond substituents is 1. The van der Waals surface area contributed by atoms with Crippen LogP contribution in [-0.2, 0) is 12.8 Å². The minimum atomic E-state index is -1.24. The van der Waals surface area contributed by atoms with Crippen LogP contribution < -0.4 is 0 Å². The van der Waals surface area contributed by atoms with E-state index in [0.717, 1.165) is 12.0 Å². The average molecular weight is 306 g/mol. The molecule has 0 aliphatic rings. The summed E-state index contributed by atoms with van der Waals surface area (Å²) in [6.07, 6.45) is 0.944. The number of phenols is 1. The normalized spacial score (nSPS) is 12.4. The van der Waals surface area contributed by atoms with Crippen LogP contribution in [0.5, 0.6) is 5.75 Å². The van der Waals surface area contributed by atoms with Crippen molar-refractivity contribution in [2.45, 2.75) is 39.2 Å². The minimum absolute atomic E-state index is 0.124. The standard InChI is InChI=1S/C18H20F2O2/c1-3-12-5-8-13(9-6-12)15-10-14(7-4-11(2)21)18(22)17(20)16(15)19/h5-6,8-11,21-22H,3-4,7H2,1-2H3. The van der Waals surface area contributed by atoms with Crippen molar-refractivity contribution < 1.29 is 19.0 Å². The van der Waals surface area contributed by atoms with Gasteiger partial charge in [0.25, 0.3) is 0 Å². The summed E-state index contributed by atoms with van der Waals surface area (Å²) in [6, 6.07) is 8.68. The number of aromatic hydroxyl groups is 1. The third-order valence-electron chi connectivity index (χ3n) is 3.76. The van der Waals surface area contributed by atoms with Crippen LogP contribution in [0.4, 0.5) is 8.78 Å². The molecular formula is C18H20F2O2. The Hall–Kier alpha value is -1.94. The van der Waals surface area contributed by atoms with E-state index >= 15 is 0 Å². The minimum Gasteiger partial charge on any atom is -0.505 e. The highest BCUT2D eigenvalue weighted by Gasteiger charge is 2.19. The van der Waals surface area contributed by atoms with Crippen LogP contribution in [0.15, 0.2) is 30.3 Å². The third kappa shape index (κ3) is 3.45. The Morgan fingerprint density at radius 2 is 1.73 bits per heavy atom. The van der Waals surface area contributed by atoms with Gasteiger partial charge < -0.3 is 10.2 Å². The fraction of sp³-hybridized carbons (Fsp3) is 0.333. The molecule has 0 aliphatic heterocycles. The molecule has 2 aromatic rings. The van der Waals surface area contributed by atoms with E-state index < -0.39 is 23.5 Å². The molecule has 0 aliphatic carbocycles. The highest BCUT2D eigenvalue weighted by Crippen LogP contribution is 2.33. The number of hydrogen-bond donors (Lipinski definition) is 2. The zero-order valence-corrected chi connectivity index (χ0v) is 12.7. The molecule has 1 unspecified atom stereocenters. The van der Waals surface area contributed by atoms with E-state index in [1.165, 1.54) is 6.07 Å². The lowest BCUT2D eigenvalue weighted by molar-refractivity contribution is 0.184. The molecule has 0 saturated heterocycles. The molecule has 0 spiro atoms. The van der Waals surface area contributed by atoms with Crippen molar-refractivity contribution in [3.05, 3.63) is 53.1 Å². The molecular weight excluding hydrogens is 286 g/mol. The van der Waals surface area contributed by atoms with E-state index in [1.807, 2.05) is 19.1 Å². The predicted octanol–water partition coefficient (Wildman–Crippen LogP) is 4.21. The summed E-state index contributed by atoms with van der Waals surface area (Å²) >= 11 is 0. The average Bonchev–Trinajstić information content (AvgIpc) is 2.52. The zero-order valence-electron chi connectivity index (χ0n) is 12.7. The first-order valence-electron chi connectivity index (χ1n) is 7.41. The Bertz CT molecular complexity index is 649. The molecule has 0 fully saturated rings. The maximum Gasteiger partial charge on any atom is 0.201 e. The van der Waals surface area contributed by atoms with E-state index in [9.17, 15) is 19.0 Å². The maximum absolute atomic E-state index is 14.1. The highest BCUT2D eigenvalue weighted by molar-refractivity contribution is 5.67. The zero-order chi connectivity index (χ0) is 16.3. The largest absolute Gasteiger partial charge is 0.505 e. The van der Waals surface area contributed by atoms with Crippen LogP contribution in [0.2, 0.25) is 0 Å². The van der Waals surface area contributed by atoms with E-state index in [-0.39, 0.29) is 12.0 Å². The van der Waals surface area contributed by atoms with E-state index in [2.05, 4.69) is 0 Å².